The summed E-state index contributed by atoms with van der Waals surface area (Å²) in [5.41, 5.74) is 0. The molecule has 0 radical (unpaired) electrons. The summed E-state index contributed by atoms with van der Waals surface area (Å²) in [5, 5.41) is 19.6. The Kier molecular flexibility index (Phi) is 9.17. The molecule has 5 atom stereocenters. The van der Waals surface area contributed by atoms with E-state index < -0.39 is 67.2 Å². The molecule has 1 aliphatic heterocycles. The maximum absolute atomic E-state index is 11.1. The van der Waals surface area contributed by atoms with Gasteiger partial charge in [0.1, 0.15) is 24.4 Å². The highest BCUT2D eigenvalue weighted by Gasteiger charge is 2.50. The van der Waals surface area contributed by atoms with E-state index in [4.69, 9.17) is 34.1 Å². The van der Waals surface area contributed by atoms with Crippen LogP contribution < -0.4 is 0 Å². The topological polar surface area (TPSA) is 250 Å². The Balaban J connectivity index is 2.93. The van der Waals surface area contributed by atoms with Crippen LogP contribution in [0.1, 0.15) is 12.8 Å². The second-order valence-corrected chi connectivity index (χ2v) is 9.10. The van der Waals surface area contributed by atoms with Gasteiger partial charge in [0, 0.05) is 0 Å². The van der Waals surface area contributed by atoms with Gasteiger partial charge in [-0.25, -0.2) is 13.7 Å². The number of aliphatic hydroxyl groups excluding tert-OH is 2. The molecule has 0 spiro atoms. The van der Waals surface area contributed by atoms with Gasteiger partial charge in [-0.15, -0.1) is 0 Å². The van der Waals surface area contributed by atoms with Gasteiger partial charge in [0.25, 0.3) is 0 Å². The quantitative estimate of drug-likeness (QED) is 0.128. The fraction of sp³-hybridized carbons (Fsp3) is 1.00. The monoisotopic (exact) mass is 462 g/mol. The van der Waals surface area contributed by atoms with Crippen LogP contribution in [-0.2, 0) is 32.0 Å². The van der Waals surface area contributed by atoms with Crippen LogP contribution in [0.25, 0.3) is 0 Å². The van der Waals surface area contributed by atoms with Crippen molar-refractivity contribution >= 4 is 23.5 Å². The molecule has 1 heterocycles. The van der Waals surface area contributed by atoms with Crippen LogP contribution in [0.4, 0.5) is 0 Å². The largest absolute Gasteiger partial charge is 0.470 e. The van der Waals surface area contributed by atoms with E-state index in [1.807, 2.05) is 0 Å². The second kappa shape index (κ2) is 9.81. The molecule has 162 valence electrons. The van der Waals surface area contributed by atoms with Gasteiger partial charge in [-0.2, -0.15) is 0 Å². The predicted octanol–water partition coefficient (Wildman–Crippen LogP) is -2.05. The van der Waals surface area contributed by atoms with Crippen LogP contribution in [0, 0.1) is 0 Å². The molecular weight excluding hydrogens is 441 g/mol. The maximum Gasteiger partial charge on any atom is 0.470 e. The first-order valence-corrected chi connectivity index (χ1v) is 11.8. The Hall–Kier alpha value is 0.210. The Morgan fingerprint density at radius 3 is 1.78 bits per heavy atom. The minimum atomic E-state index is -5.25. The predicted molar refractivity (Wildman–Crippen MR) is 82.8 cm³/mol. The molecule has 0 saturated carbocycles. The maximum atomic E-state index is 11.1. The average Bonchev–Trinajstić information content (AvgIpc) is 2.45. The van der Waals surface area contributed by atoms with E-state index in [0.29, 0.717) is 0 Å². The number of ether oxygens (including phenoxy) is 1. The number of rotatable bonds is 10. The third kappa shape index (κ3) is 9.50. The first-order chi connectivity index (χ1) is 12.1. The van der Waals surface area contributed by atoms with Gasteiger partial charge in [0.05, 0.1) is 19.3 Å². The van der Waals surface area contributed by atoms with Crippen molar-refractivity contribution in [2.45, 2.75) is 43.4 Å². The summed E-state index contributed by atoms with van der Waals surface area (Å²) < 4.78 is 51.0. The van der Waals surface area contributed by atoms with Crippen LogP contribution in [0.5, 0.6) is 0 Å². The Morgan fingerprint density at radius 2 is 1.33 bits per heavy atom. The van der Waals surface area contributed by atoms with E-state index in [0.717, 1.165) is 0 Å². The van der Waals surface area contributed by atoms with E-state index in [1.165, 1.54) is 0 Å². The Morgan fingerprint density at radius 1 is 0.815 bits per heavy atom. The lowest BCUT2D eigenvalue weighted by atomic mass is 9.93. The summed E-state index contributed by atoms with van der Waals surface area (Å²) in [6.07, 6.45) is -8.86. The molecule has 18 heteroatoms. The normalized spacial score (nSPS) is 30.4. The lowest BCUT2D eigenvalue weighted by Gasteiger charge is -2.43. The molecular formula is C9H21O15P3. The highest BCUT2D eigenvalue weighted by molar-refractivity contribution is 7.46. The van der Waals surface area contributed by atoms with Gasteiger partial charge in [0.2, 0.25) is 0 Å². The molecule has 1 rings (SSSR count). The summed E-state index contributed by atoms with van der Waals surface area (Å²) in [5.74, 6) is 0. The van der Waals surface area contributed by atoms with Crippen molar-refractivity contribution in [3.63, 3.8) is 0 Å². The lowest BCUT2D eigenvalue weighted by molar-refractivity contribution is -0.223. The van der Waals surface area contributed by atoms with Crippen molar-refractivity contribution in [3.05, 3.63) is 0 Å². The molecule has 0 amide bonds. The molecule has 0 aromatic rings. The SMILES string of the molecule is O=P(O)(O)OCCC[C@H]1O[C@H](CO)[C@@H](OP(=O)(O)O)[C@H](OP(=O)(O)O)[C@H]1O. The van der Waals surface area contributed by atoms with E-state index in [1.54, 1.807) is 0 Å². The van der Waals surface area contributed by atoms with Crippen molar-refractivity contribution < 1.29 is 71.6 Å². The standard InChI is InChI=1S/C9H21O15P3/c10-4-6-8(23-26(15,16)17)9(24-27(18,19)20)7(11)5(22-6)2-1-3-21-25(12,13)14/h5-11H,1-4H2,(H2,12,13,14)(H2,15,16,17)(H2,18,19,20)/t5-,6-,7+,8-,9-/m1/s1. The zero-order chi connectivity index (χ0) is 21.0. The van der Waals surface area contributed by atoms with Gasteiger partial charge in [0.15, 0.2) is 0 Å². The number of hydrogen-bond donors (Lipinski definition) is 8. The first-order valence-electron chi connectivity index (χ1n) is 7.25. The van der Waals surface area contributed by atoms with Crippen LogP contribution in [0.15, 0.2) is 0 Å². The minimum Gasteiger partial charge on any atom is -0.394 e. The molecule has 0 unspecified atom stereocenters. The summed E-state index contributed by atoms with van der Waals surface area (Å²) in [6.45, 7) is -1.36. The third-order valence-corrected chi connectivity index (χ3v) is 4.90. The molecule has 0 aromatic carbocycles. The van der Waals surface area contributed by atoms with Crippen molar-refractivity contribution in [1.29, 1.82) is 0 Å². The summed E-state index contributed by atoms with van der Waals surface area (Å²) in [4.78, 5) is 53.0. The first kappa shape index (κ1) is 25.2. The molecule has 0 aliphatic carbocycles. The Labute approximate surface area is 152 Å². The lowest BCUT2D eigenvalue weighted by Crippen LogP contribution is -2.59. The molecule has 1 saturated heterocycles. The molecule has 27 heavy (non-hydrogen) atoms. The van der Waals surface area contributed by atoms with Crippen LogP contribution in [-0.4, -0.2) is 83.3 Å². The molecule has 1 fully saturated rings. The van der Waals surface area contributed by atoms with Crippen molar-refractivity contribution in [2.75, 3.05) is 13.2 Å². The second-order valence-electron chi connectivity index (χ2n) is 5.47. The van der Waals surface area contributed by atoms with Crippen LogP contribution >= 0.6 is 23.5 Å². The highest BCUT2D eigenvalue weighted by Crippen LogP contribution is 2.47. The third-order valence-electron chi connectivity index (χ3n) is 3.35. The smallest absolute Gasteiger partial charge is 0.394 e. The van der Waals surface area contributed by atoms with Crippen molar-refractivity contribution in [3.8, 4) is 0 Å². The molecule has 15 nitrogen and oxygen atoms in total. The average molecular weight is 462 g/mol. The number of aliphatic hydroxyl groups is 2. The summed E-state index contributed by atoms with van der Waals surface area (Å²) in [7, 11) is -15.2. The van der Waals surface area contributed by atoms with Crippen LogP contribution in [0.3, 0.4) is 0 Å². The van der Waals surface area contributed by atoms with E-state index in [9.17, 15) is 23.9 Å². The fourth-order valence-corrected chi connectivity index (χ4v) is 3.92. The molecule has 1 aliphatic rings. The van der Waals surface area contributed by atoms with Crippen molar-refractivity contribution in [2.24, 2.45) is 0 Å². The van der Waals surface area contributed by atoms with Crippen LogP contribution in [0.2, 0.25) is 0 Å². The summed E-state index contributed by atoms with van der Waals surface area (Å²) >= 11 is 0. The minimum absolute atomic E-state index is 0.0857. The Bertz CT molecular complexity index is 608. The van der Waals surface area contributed by atoms with E-state index in [2.05, 4.69) is 13.6 Å². The molecule has 8 N–H and O–H groups in total. The van der Waals surface area contributed by atoms with Crippen molar-refractivity contribution in [1.82, 2.24) is 0 Å². The molecule has 0 bridgehead atoms. The van der Waals surface area contributed by atoms with Gasteiger partial charge >= 0.3 is 23.5 Å². The zero-order valence-corrected chi connectivity index (χ0v) is 16.2. The van der Waals surface area contributed by atoms with Gasteiger partial charge < -0.3 is 44.3 Å². The zero-order valence-electron chi connectivity index (χ0n) is 13.5. The number of phosphoric acid groups is 3. The molecule has 0 aromatic heterocycles. The fourth-order valence-electron chi connectivity index (χ4n) is 2.42. The number of phosphoric ester groups is 3. The number of hydrogen-bond acceptors (Lipinski definition) is 9. The van der Waals surface area contributed by atoms with Gasteiger partial charge in [-0.1, -0.05) is 0 Å². The van der Waals surface area contributed by atoms with Gasteiger partial charge in [-0.05, 0) is 12.8 Å². The van der Waals surface area contributed by atoms with E-state index >= 15 is 0 Å². The van der Waals surface area contributed by atoms with Gasteiger partial charge in [-0.3, -0.25) is 13.6 Å². The summed E-state index contributed by atoms with van der Waals surface area (Å²) in [6, 6.07) is 0. The highest BCUT2D eigenvalue weighted by atomic mass is 31.2. The van der Waals surface area contributed by atoms with E-state index in [-0.39, 0.29) is 12.8 Å².